The second-order valence-electron chi connectivity index (χ2n) is 3.20. The molecule has 0 radical (unpaired) electrons. The summed E-state index contributed by atoms with van der Waals surface area (Å²) < 4.78 is 12.6. The Labute approximate surface area is 60.5 Å². The predicted octanol–water partition coefficient (Wildman–Crippen LogP) is 0.651. The molecule has 0 aromatic carbocycles. The highest BCUT2D eigenvalue weighted by Gasteiger charge is 2.30. The van der Waals surface area contributed by atoms with Crippen LogP contribution in [0, 0.1) is 0 Å². The molecule has 2 aliphatic rings. The Balaban J connectivity index is 1.96. The Morgan fingerprint density at radius 2 is 2.10 bits per heavy atom. The highest BCUT2D eigenvalue weighted by Crippen LogP contribution is 2.21. The number of fused-ring (bicyclic) bond motifs is 1. The molecule has 0 N–H and O–H groups in total. The Kier molecular flexibility index (Phi) is 1.62. The number of halogens is 1. The molecule has 0 amide bonds. The fourth-order valence-electron chi connectivity index (χ4n) is 1.95. The van der Waals surface area contributed by atoms with Crippen LogP contribution >= 0.6 is 0 Å². The first-order valence-corrected chi connectivity index (χ1v) is 4.01. The maximum absolute atomic E-state index is 12.6. The first kappa shape index (κ1) is 6.55. The molecule has 0 aromatic heterocycles. The van der Waals surface area contributed by atoms with Gasteiger partial charge in [0.2, 0.25) is 0 Å². The Bertz CT molecular complexity index is 129. The Hall–Kier alpha value is -0.150. The van der Waals surface area contributed by atoms with Crippen LogP contribution in [-0.2, 0) is 0 Å². The molecule has 0 unspecified atom stereocenters. The van der Waals surface area contributed by atoms with Crippen LogP contribution in [0.3, 0.4) is 0 Å². The third kappa shape index (κ3) is 1.04. The van der Waals surface area contributed by atoms with Crippen LogP contribution in [-0.4, -0.2) is 42.2 Å². The lowest BCUT2D eigenvalue weighted by molar-refractivity contribution is -0.0374. The highest BCUT2D eigenvalue weighted by atomic mass is 19.2. The molecule has 0 saturated carbocycles. The maximum Gasteiger partial charge on any atom is 0.0447 e. The lowest BCUT2D eigenvalue weighted by Crippen LogP contribution is -2.46. The summed E-state index contributed by atoms with van der Waals surface area (Å²) in [5.41, 5.74) is 0. The minimum atomic E-state index is 0.527. The van der Waals surface area contributed by atoms with Crippen LogP contribution < -0.4 is 0 Å². The normalized spacial score (nSPS) is 36.3. The Morgan fingerprint density at radius 3 is 3.00 bits per heavy atom. The molecule has 2 aliphatic heterocycles. The second-order valence-corrected chi connectivity index (χ2v) is 3.20. The molecule has 2 heterocycles. The van der Waals surface area contributed by atoms with Crippen molar-refractivity contribution < 1.29 is 4.48 Å². The van der Waals surface area contributed by atoms with Crippen LogP contribution in [0.2, 0.25) is 0 Å². The fraction of sp³-hybridized carbons (Fsp3) is 1.00. The molecule has 0 spiro atoms. The van der Waals surface area contributed by atoms with E-state index >= 15 is 0 Å². The molecule has 0 aromatic rings. The SMILES string of the molecule is FN1CCN2CCC[C@H]2C1. The van der Waals surface area contributed by atoms with E-state index in [4.69, 9.17) is 0 Å². The maximum atomic E-state index is 12.6. The number of rotatable bonds is 0. The van der Waals surface area contributed by atoms with Gasteiger partial charge in [-0.25, -0.2) is 0 Å². The van der Waals surface area contributed by atoms with Crippen LogP contribution in [0.25, 0.3) is 0 Å². The minimum Gasteiger partial charge on any atom is -0.298 e. The van der Waals surface area contributed by atoms with Gasteiger partial charge in [-0.3, -0.25) is 4.90 Å². The predicted molar refractivity (Wildman–Crippen MR) is 37.3 cm³/mol. The molecule has 10 heavy (non-hydrogen) atoms. The van der Waals surface area contributed by atoms with Gasteiger partial charge in [0, 0.05) is 25.7 Å². The van der Waals surface area contributed by atoms with Crippen LogP contribution in [0.5, 0.6) is 0 Å². The van der Waals surface area contributed by atoms with Gasteiger partial charge in [-0.05, 0) is 19.4 Å². The molecular weight excluding hydrogens is 131 g/mol. The zero-order valence-electron chi connectivity index (χ0n) is 6.09. The van der Waals surface area contributed by atoms with Gasteiger partial charge in [0.1, 0.15) is 0 Å². The monoisotopic (exact) mass is 144 g/mol. The summed E-state index contributed by atoms with van der Waals surface area (Å²) in [7, 11) is 0. The number of piperazine rings is 1. The average molecular weight is 144 g/mol. The summed E-state index contributed by atoms with van der Waals surface area (Å²) in [6, 6.07) is 0.527. The largest absolute Gasteiger partial charge is 0.298 e. The number of nitrogens with zero attached hydrogens (tertiary/aromatic N) is 2. The zero-order valence-corrected chi connectivity index (χ0v) is 6.09. The van der Waals surface area contributed by atoms with Gasteiger partial charge in [0.25, 0.3) is 0 Å². The van der Waals surface area contributed by atoms with Gasteiger partial charge in [-0.15, -0.1) is 9.60 Å². The molecular formula is C7H13FN2. The van der Waals surface area contributed by atoms with Crippen molar-refractivity contribution in [3.05, 3.63) is 0 Å². The molecule has 0 aliphatic carbocycles. The van der Waals surface area contributed by atoms with E-state index in [0.29, 0.717) is 19.1 Å². The topological polar surface area (TPSA) is 6.48 Å². The van der Waals surface area contributed by atoms with Crippen LogP contribution in [0.15, 0.2) is 0 Å². The molecule has 2 nitrogen and oxygen atoms in total. The second kappa shape index (κ2) is 2.47. The summed E-state index contributed by atoms with van der Waals surface area (Å²) in [5, 5.41) is 0.951. The van der Waals surface area contributed by atoms with Crippen molar-refractivity contribution in [2.24, 2.45) is 0 Å². The van der Waals surface area contributed by atoms with E-state index in [0.717, 1.165) is 11.7 Å². The molecule has 1 atom stereocenters. The molecule has 2 fully saturated rings. The van der Waals surface area contributed by atoms with Crippen molar-refractivity contribution >= 4 is 0 Å². The van der Waals surface area contributed by atoms with Crippen molar-refractivity contribution in [3.63, 3.8) is 0 Å². The standard InChI is InChI=1S/C7H13FN2/c8-10-5-4-9-3-1-2-7(9)6-10/h7H,1-6H2/t7-/m0/s1. The third-order valence-corrected chi connectivity index (χ3v) is 2.54. The van der Waals surface area contributed by atoms with Crippen LogP contribution in [0.4, 0.5) is 4.48 Å². The van der Waals surface area contributed by atoms with Crippen LogP contribution in [0.1, 0.15) is 12.8 Å². The summed E-state index contributed by atoms with van der Waals surface area (Å²) in [4.78, 5) is 2.40. The van der Waals surface area contributed by atoms with E-state index in [1.54, 1.807) is 0 Å². The van der Waals surface area contributed by atoms with E-state index in [1.807, 2.05) is 0 Å². The van der Waals surface area contributed by atoms with E-state index < -0.39 is 0 Å². The molecule has 58 valence electrons. The average Bonchev–Trinajstić information content (AvgIpc) is 2.33. The quantitative estimate of drug-likeness (QED) is 0.461. The van der Waals surface area contributed by atoms with Crippen molar-refractivity contribution in [2.45, 2.75) is 18.9 Å². The van der Waals surface area contributed by atoms with E-state index in [1.165, 1.54) is 19.4 Å². The van der Waals surface area contributed by atoms with Gasteiger partial charge >= 0.3 is 0 Å². The number of hydrogen-bond donors (Lipinski definition) is 0. The van der Waals surface area contributed by atoms with Gasteiger partial charge < -0.3 is 0 Å². The van der Waals surface area contributed by atoms with E-state index in [-0.39, 0.29) is 0 Å². The van der Waals surface area contributed by atoms with Gasteiger partial charge in [-0.1, -0.05) is 0 Å². The fourth-order valence-corrected chi connectivity index (χ4v) is 1.95. The van der Waals surface area contributed by atoms with Crippen molar-refractivity contribution in [1.29, 1.82) is 0 Å². The van der Waals surface area contributed by atoms with E-state index in [9.17, 15) is 4.48 Å². The van der Waals surface area contributed by atoms with Gasteiger partial charge in [-0.2, -0.15) is 0 Å². The van der Waals surface area contributed by atoms with Gasteiger partial charge in [0.15, 0.2) is 0 Å². The number of hydrogen-bond acceptors (Lipinski definition) is 2. The first-order valence-electron chi connectivity index (χ1n) is 4.01. The zero-order chi connectivity index (χ0) is 6.97. The highest BCUT2D eigenvalue weighted by molar-refractivity contribution is 4.84. The van der Waals surface area contributed by atoms with Gasteiger partial charge in [0.05, 0.1) is 0 Å². The smallest absolute Gasteiger partial charge is 0.0447 e. The molecule has 3 heteroatoms. The van der Waals surface area contributed by atoms with Crippen molar-refractivity contribution in [1.82, 2.24) is 10.0 Å². The summed E-state index contributed by atoms with van der Waals surface area (Å²) in [6.07, 6.45) is 2.46. The van der Waals surface area contributed by atoms with Crippen molar-refractivity contribution in [2.75, 3.05) is 26.2 Å². The summed E-state index contributed by atoms with van der Waals surface area (Å²) in [6.45, 7) is 3.37. The first-order chi connectivity index (χ1) is 4.86. The minimum absolute atomic E-state index is 0.527. The van der Waals surface area contributed by atoms with Crippen molar-refractivity contribution in [3.8, 4) is 0 Å². The molecule has 2 saturated heterocycles. The summed E-state index contributed by atoms with van der Waals surface area (Å²) in [5.74, 6) is 0. The molecule has 0 bridgehead atoms. The third-order valence-electron chi connectivity index (χ3n) is 2.54. The lowest BCUT2D eigenvalue weighted by Gasteiger charge is -2.32. The molecule has 2 rings (SSSR count). The van der Waals surface area contributed by atoms with E-state index in [2.05, 4.69) is 4.90 Å². The summed E-state index contributed by atoms with van der Waals surface area (Å²) >= 11 is 0. The Morgan fingerprint density at radius 1 is 1.20 bits per heavy atom. The lowest BCUT2D eigenvalue weighted by atomic mass is 10.2.